The summed E-state index contributed by atoms with van der Waals surface area (Å²) in [6.45, 7) is 6.58. The van der Waals surface area contributed by atoms with Gasteiger partial charge in [0.1, 0.15) is 13.2 Å². The summed E-state index contributed by atoms with van der Waals surface area (Å²) in [5.41, 5.74) is 0. The maximum Gasteiger partial charge on any atom is 0.306 e. The van der Waals surface area contributed by atoms with E-state index in [1.807, 2.05) is 0 Å². The Kier molecular flexibility index (Phi) is 48.8. The molecule has 0 spiro atoms. The Morgan fingerprint density at radius 3 is 1.02 bits per heavy atom. The van der Waals surface area contributed by atoms with Gasteiger partial charge in [0.25, 0.3) is 0 Å². The average molecular weight is 869 g/mol. The molecule has 0 rings (SSSR count). The van der Waals surface area contributed by atoms with Gasteiger partial charge < -0.3 is 14.2 Å². The number of carbonyl (C=O) groups excluding carboxylic acids is 3. The quantitative estimate of drug-likeness (QED) is 0.0199. The number of rotatable bonds is 48. The highest BCUT2D eigenvalue weighted by atomic mass is 16.6. The van der Waals surface area contributed by atoms with Crippen molar-refractivity contribution in [2.24, 2.45) is 0 Å². The number of allylic oxidation sites excluding steroid dienone is 8. The molecule has 0 N–H and O–H groups in total. The second-order valence-corrected chi connectivity index (χ2v) is 17.8. The van der Waals surface area contributed by atoms with E-state index in [1.54, 1.807) is 0 Å². The van der Waals surface area contributed by atoms with Crippen molar-refractivity contribution in [3.05, 3.63) is 48.6 Å². The number of ether oxygens (including phenoxy) is 3. The molecule has 0 aromatic heterocycles. The van der Waals surface area contributed by atoms with Crippen LogP contribution in [0.5, 0.6) is 0 Å². The first kappa shape index (κ1) is 59.4. The van der Waals surface area contributed by atoms with E-state index < -0.39 is 6.10 Å². The van der Waals surface area contributed by atoms with Crippen molar-refractivity contribution < 1.29 is 28.6 Å². The number of esters is 3. The summed E-state index contributed by atoms with van der Waals surface area (Å²) < 4.78 is 16.8. The lowest BCUT2D eigenvalue weighted by molar-refractivity contribution is -0.167. The topological polar surface area (TPSA) is 78.9 Å². The normalized spacial score (nSPS) is 12.4. The lowest BCUT2D eigenvalue weighted by Gasteiger charge is -2.18. The van der Waals surface area contributed by atoms with Gasteiger partial charge in [0, 0.05) is 19.3 Å². The molecule has 0 fully saturated rings. The van der Waals surface area contributed by atoms with Gasteiger partial charge in [-0.1, -0.05) is 223 Å². The maximum absolute atomic E-state index is 12.8. The number of hydrogen-bond donors (Lipinski definition) is 0. The summed E-state index contributed by atoms with van der Waals surface area (Å²) in [6, 6.07) is 0. The molecule has 360 valence electrons. The van der Waals surface area contributed by atoms with Gasteiger partial charge in [-0.25, -0.2) is 0 Å². The van der Waals surface area contributed by atoms with Crippen LogP contribution in [-0.4, -0.2) is 37.2 Å². The highest BCUT2D eigenvalue weighted by Crippen LogP contribution is 2.15. The van der Waals surface area contributed by atoms with Crippen LogP contribution < -0.4 is 0 Å². The van der Waals surface area contributed by atoms with Crippen LogP contribution in [-0.2, 0) is 28.6 Å². The molecule has 0 saturated heterocycles. The predicted octanol–water partition coefficient (Wildman–Crippen LogP) is 17.5. The Balaban J connectivity index is 4.38. The fraction of sp³-hybridized carbons (Fsp3) is 0.804. The minimum Gasteiger partial charge on any atom is -0.462 e. The number of unbranched alkanes of at least 4 members (excludes halogenated alkanes) is 30. The standard InChI is InChI=1S/C56H100O6/c1-4-7-10-13-16-19-22-25-27-28-30-31-34-37-40-43-46-49-55(58)61-52-53(51-60-54(57)48-45-42-39-36-33-24-21-18-15-12-9-6-3)62-56(59)50-47-44-41-38-35-32-29-26-23-20-17-14-11-8-5-2/h16-17,19-20,23,25-27,53H,4-15,18,21-22,24,28-52H2,1-3H3/b19-16-,20-17-,26-23-,27-25-. The van der Waals surface area contributed by atoms with E-state index in [0.717, 1.165) is 77.0 Å². The van der Waals surface area contributed by atoms with E-state index in [-0.39, 0.29) is 31.1 Å². The molecular formula is C56H100O6. The molecule has 6 heteroatoms. The second-order valence-electron chi connectivity index (χ2n) is 17.8. The SMILES string of the molecule is CCCCC/C=C\C=C/CCCCCCCCC(=O)OC(COC(=O)CCCCCCCCC/C=C\C/C=C\CCCCC)COC(=O)CCCCCCCCCCCCCC. The molecule has 0 aliphatic heterocycles. The summed E-state index contributed by atoms with van der Waals surface area (Å²) in [5.74, 6) is -0.890. The fourth-order valence-corrected chi connectivity index (χ4v) is 7.52. The zero-order chi connectivity index (χ0) is 45.1. The molecule has 6 nitrogen and oxygen atoms in total. The van der Waals surface area contributed by atoms with Crippen LogP contribution in [0, 0.1) is 0 Å². The van der Waals surface area contributed by atoms with Gasteiger partial charge in [0.2, 0.25) is 0 Å². The Hall–Kier alpha value is -2.63. The van der Waals surface area contributed by atoms with E-state index in [0.29, 0.717) is 19.3 Å². The second kappa shape index (κ2) is 51.0. The molecule has 1 atom stereocenters. The van der Waals surface area contributed by atoms with Crippen LogP contribution in [0.4, 0.5) is 0 Å². The van der Waals surface area contributed by atoms with E-state index in [4.69, 9.17) is 14.2 Å². The largest absolute Gasteiger partial charge is 0.462 e. The third kappa shape index (κ3) is 48.4. The Morgan fingerprint density at radius 1 is 0.339 bits per heavy atom. The van der Waals surface area contributed by atoms with Gasteiger partial charge in [-0.05, 0) is 77.0 Å². The van der Waals surface area contributed by atoms with Crippen LogP contribution in [0.15, 0.2) is 48.6 Å². The first-order valence-corrected chi connectivity index (χ1v) is 26.7. The van der Waals surface area contributed by atoms with Crippen molar-refractivity contribution in [3.8, 4) is 0 Å². The monoisotopic (exact) mass is 869 g/mol. The Labute approximate surface area is 384 Å². The summed E-state index contributed by atoms with van der Waals surface area (Å²) in [4.78, 5) is 38.0. The molecular weight excluding hydrogens is 769 g/mol. The third-order valence-electron chi connectivity index (χ3n) is 11.6. The van der Waals surface area contributed by atoms with E-state index in [2.05, 4.69) is 69.4 Å². The molecule has 0 aromatic carbocycles. The van der Waals surface area contributed by atoms with Gasteiger partial charge in [-0.3, -0.25) is 14.4 Å². The van der Waals surface area contributed by atoms with E-state index in [1.165, 1.54) is 154 Å². The first-order chi connectivity index (χ1) is 30.5. The van der Waals surface area contributed by atoms with Crippen molar-refractivity contribution in [1.82, 2.24) is 0 Å². The molecule has 0 bridgehead atoms. The van der Waals surface area contributed by atoms with Crippen LogP contribution >= 0.6 is 0 Å². The first-order valence-electron chi connectivity index (χ1n) is 26.7. The molecule has 0 saturated carbocycles. The lowest BCUT2D eigenvalue weighted by atomic mass is 10.0. The van der Waals surface area contributed by atoms with Gasteiger partial charge >= 0.3 is 17.9 Å². The zero-order valence-electron chi connectivity index (χ0n) is 41.1. The summed E-state index contributed by atoms with van der Waals surface area (Å²) in [5, 5.41) is 0. The predicted molar refractivity (Wildman–Crippen MR) is 265 cm³/mol. The van der Waals surface area contributed by atoms with Crippen LogP contribution in [0.25, 0.3) is 0 Å². The van der Waals surface area contributed by atoms with Crippen LogP contribution in [0.1, 0.15) is 271 Å². The summed E-state index contributed by atoms with van der Waals surface area (Å²) >= 11 is 0. The summed E-state index contributed by atoms with van der Waals surface area (Å²) in [7, 11) is 0. The molecule has 0 heterocycles. The highest BCUT2D eigenvalue weighted by molar-refractivity contribution is 5.71. The minimum atomic E-state index is -0.779. The highest BCUT2D eigenvalue weighted by Gasteiger charge is 2.19. The van der Waals surface area contributed by atoms with Gasteiger partial charge in [-0.15, -0.1) is 0 Å². The van der Waals surface area contributed by atoms with E-state index >= 15 is 0 Å². The molecule has 0 radical (unpaired) electrons. The average Bonchev–Trinajstić information content (AvgIpc) is 3.27. The van der Waals surface area contributed by atoms with Gasteiger partial charge in [0.05, 0.1) is 0 Å². The van der Waals surface area contributed by atoms with Crippen LogP contribution in [0.3, 0.4) is 0 Å². The lowest BCUT2D eigenvalue weighted by Crippen LogP contribution is -2.30. The Bertz CT molecular complexity index is 1090. The number of carbonyl (C=O) groups is 3. The Morgan fingerprint density at radius 2 is 0.629 bits per heavy atom. The van der Waals surface area contributed by atoms with Gasteiger partial charge in [-0.2, -0.15) is 0 Å². The molecule has 0 aliphatic rings. The molecule has 62 heavy (non-hydrogen) atoms. The third-order valence-corrected chi connectivity index (χ3v) is 11.6. The van der Waals surface area contributed by atoms with Crippen molar-refractivity contribution in [2.75, 3.05) is 13.2 Å². The van der Waals surface area contributed by atoms with Crippen molar-refractivity contribution in [3.63, 3.8) is 0 Å². The smallest absolute Gasteiger partial charge is 0.306 e. The minimum absolute atomic E-state index is 0.0782. The summed E-state index contributed by atoms with van der Waals surface area (Å²) in [6.07, 6.45) is 60.8. The van der Waals surface area contributed by atoms with Crippen molar-refractivity contribution >= 4 is 17.9 Å². The molecule has 0 aromatic rings. The fourth-order valence-electron chi connectivity index (χ4n) is 7.52. The molecule has 0 aliphatic carbocycles. The van der Waals surface area contributed by atoms with Gasteiger partial charge in [0.15, 0.2) is 6.10 Å². The molecule has 1 unspecified atom stereocenters. The van der Waals surface area contributed by atoms with Crippen molar-refractivity contribution in [2.45, 2.75) is 277 Å². The van der Waals surface area contributed by atoms with Crippen LogP contribution in [0.2, 0.25) is 0 Å². The van der Waals surface area contributed by atoms with E-state index in [9.17, 15) is 14.4 Å². The van der Waals surface area contributed by atoms with Crippen molar-refractivity contribution in [1.29, 1.82) is 0 Å². The maximum atomic E-state index is 12.8. The zero-order valence-corrected chi connectivity index (χ0v) is 41.1. The number of hydrogen-bond acceptors (Lipinski definition) is 6. The molecule has 0 amide bonds.